The van der Waals surface area contributed by atoms with E-state index < -0.39 is 0 Å². The average molecular weight is 194 g/mol. The minimum Gasteiger partial charge on any atom is -0.301 e. The van der Waals surface area contributed by atoms with Gasteiger partial charge < -0.3 is 4.90 Å². The molecule has 0 aromatic carbocycles. The first-order valence-corrected chi connectivity index (χ1v) is 5.81. The fourth-order valence-electron chi connectivity index (χ4n) is 1.38. The van der Waals surface area contributed by atoms with Crippen molar-refractivity contribution < 1.29 is 0 Å². The van der Waals surface area contributed by atoms with E-state index in [9.17, 15) is 0 Å². The summed E-state index contributed by atoms with van der Waals surface area (Å²) in [5.41, 5.74) is 0. The number of nitrogens with zero attached hydrogens (tertiary/aromatic N) is 1. The molecule has 1 heterocycles. The Bertz CT molecular complexity index is 110. The van der Waals surface area contributed by atoms with Gasteiger partial charge in [0.1, 0.15) is 0 Å². The van der Waals surface area contributed by atoms with Crippen molar-refractivity contribution in [1.29, 1.82) is 0 Å². The summed E-state index contributed by atoms with van der Waals surface area (Å²) in [6.07, 6.45) is 1.14. The highest BCUT2D eigenvalue weighted by molar-refractivity contribution is 7.99. The maximum atomic E-state index is 5.63. The molecule has 3 heteroatoms. The molecule has 0 spiro atoms. The molecule has 0 radical (unpaired) electrons. The van der Waals surface area contributed by atoms with E-state index in [0.717, 1.165) is 17.6 Å². The third-order valence-corrected chi connectivity index (χ3v) is 3.34. The number of thioether (sulfide) groups is 1. The monoisotopic (exact) mass is 193 g/mol. The lowest BCUT2D eigenvalue weighted by molar-refractivity contribution is 0.288. The van der Waals surface area contributed by atoms with Crippen molar-refractivity contribution in [3.8, 4) is 0 Å². The summed E-state index contributed by atoms with van der Waals surface area (Å²) in [5.74, 6) is 2.10. The zero-order valence-electron chi connectivity index (χ0n) is 7.05. The molecule has 0 aromatic heterocycles. The maximum absolute atomic E-state index is 5.63. The maximum Gasteiger partial charge on any atom is 0.0235 e. The molecule has 0 aromatic rings. The third-order valence-electron chi connectivity index (χ3n) is 1.93. The van der Waals surface area contributed by atoms with Crippen molar-refractivity contribution in [2.45, 2.75) is 18.6 Å². The Balaban J connectivity index is 2.12. The Morgan fingerprint density at radius 1 is 1.64 bits per heavy atom. The van der Waals surface area contributed by atoms with E-state index in [0.29, 0.717) is 0 Å². The molecule has 1 aliphatic heterocycles. The number of hydrogen-bond donors (Lipinski definition) is 0. The molecule has 1 unspecified atom stereocenters. The van der Waals surface area contributed by atoms with E-state index >= 15 is 0 Å². The molecular weight excluding hydrogens is 178 g/mol. The van der Waals surface area contributed by atoms with E-state index in [4.69, 9.17) is 11.6 Å². The molecule has 1 rings (SSSR count). The van der Waals surface area contributed by atoms with Crippen LogP contribution in [0.3, 0.4) is 0 Å². The van der Waals surface area contributed by atoms with E-state index in [1.54, 1.807) is 0 Å². The standard InChI is InChI=1S/C8H16ClNS/c1-8-7-10(4-2-3-9)5-6-11-8/h8H,2-7H2,1H3. The zero-order valence-corrected chi connectivity index (χ0v) is 8.63. The summed E-state index contributed by atoms with van der Waals surface area (Å²) in [5, 5.41) is 0.819. The Morgan fingerprint density at radius 2 is 2.45 bits per heavy atom. The quantitative estimate of drug-likeness (QED) is 0.632. The Hall–Kier alpha value is 0.600. The van der Waals surface area contributed by atoms with Crippen molar-refractivity contribution in [3.63, 3.8) is 0 Å². The predicted octanol–water partition coefficient (Wildman–Crippen LogP) is 2.05. The van der Waals surface area contributed by atoms with Crippen LogP contribution in [0, 0.1) is 0 Å². The second kappa shape index (κ2) is 5.28. The molecule has 1 aliphatic rings. The van der Waals surface area contributed by atoms with Crippen LogP contribution in [0.5, 0.6) is 0 Å². The van der Waals surface area contributed by atoms with Crippen molar-refractivity contribution >= 4 is 23.4 Å². The number of halogens is 1. The number of rotatable bonds is 3. The van der Waals surface area contributed by atoms with Crippen LogP contribution in [0.4, 0.5) is 0 Å². The first-order chi connectivity index (χ1) is 5.33. The summed E-state index contributed by atoms with van der Waals surface area (Å²) in [7, 11) is 0. The van der Waals surface area contributed by atoms with Crippen LogP contribution in [0.25, 0.3) is 0 Å². The molecule has 1 fully saturated rings. The van der Waals surface area contributed by atoms with Crippen LogP contribution in [-0.2, 0) is 0 Å². The Kier molecular flexibility index (Phi) is 4.65. The Morgan fingerprint density at radius 3 is 3.09 bits per heavy atom. The minimum atomic E-state index is 0.804. The van der Waals surface area contributed by atoms with E-state index in [1.165, 1.54) is 25.4 Å². The highest BCUT2D eigenvalue weighted by atomic mass is 35.5. The third kappa shape index (κ3) is 3.68. The van der Waals surface area contributed by atoms with Crippen molar-refractivity contribution in [1.82, 2.24) is 4.90 Å². The summed E-state index contributed by atoms with van der Waals surface area (Å²) in [4.78, 5) is 2.52. The van der Waals surface area contributed by atoms with Gasteiger partial charge in [0.15, 0.2) is 0 Å². The molecular formula is C8H16ClNS. The largest absolute Gasteiger partial charge is 0.301 e. The van der Waals surface area contributed by atoms with Gasteiger partial charge in [-0.2, -0.15) is 11.8 Å². The highest BCUT2D eigenvalue weighted by Crippen LogP contribution is 2.17. The molecule has 1 nitrogen and oxygen atoms in total. The van der Waals surface area contributed by atoms with Crippen LogP contribution in [0.2, 0.25) is 0 Å². The molecule has 0 amide bonds. The zero-order chi connectivity index (χ0) is 8.10. The second-order valence-electron chi connectivity index (χ2n) is 3.02. The Labute approximate surface area is 78.5 Å². The smallest absolute Gasteiger partial charge is 0.0235 e. The summed E-state index contributed by atoms with van der Waals surface area (Å²) >= 11 is 7.71. The van der Waals surface area contributed by atoms with Crippen LogP contribution >= 0.6 is 23.4 Å². The lowest BCUT2D eigenvalue weighted by Crippen LogP contribution is -2.37. The van der Waals surface area contributed by atoms with Gasteiger partial charge in [-0.15, -0.1) is 11.6 Å². The van der Waals surface area contributed by atoms with Gasteiger partial charge in [-0.3, -0.25) is 0 Å². The van der Waals surface area contributed by atoms with Gasteiger partial charge in [-0.05, 0) is 13.0 Å². The summed E-state index contributed by atoms with van der Waals surface area (Å²) < 4.78 is 0. The van der Waals surface area contributed by atoms with Gasteiger partial charge >= 0.3 is 0 Å². The molecule has 1 atom stereocenters. The predicted molar refractivity (Wildman–Crippen MR) is 53.7 cm³/mol. The SMILES string of the molecule is CC1CN(CCCCl)CCS1. The molecule has 0 N–H and O–H groups in total. The summed E-state index contributed by atoms with van der Waals surface area (Å²) in [6, 6.07) is 0. The van der Waals surface area contributed by atoms with Gasteiger partial charge in [-0.25, -0.2) is 0 Å². The van der Waals surface area contributed by atoms with Crippen LogP contribution < -0.4 is 0 Å². The molecule has 66 valence electrons. The van der Waals surface area contributed by atoms with Crippen LogP contribution in [-0.4, -0.2) is 41.4 Å². The van der Waals surface area contributed by atoms with Crippen molar-refractivity contribution in [2.75, 3.05) is 31.3 Å². The van der Waals surface area contributed by atoms with Gasteiger partial charge in [0, 0.05) is 30.0 Å². The molecule has 11 heavy (non-hydrogen) atoms. The lowest BCUT2D eigenvalue weighted by atomic mass is 10.3. The minimum absolute atomic E-state index is 0.804. The fraction of sp³-hybridized carbons (Fsp3) is 1.00. The molecule has 1 saturated heterocycles. The first-order valence-electron chi connectivity index (χ1n) is 4.23. The van der Waals surface area contributed by atoms with Gasteiger partial charge in [0.2, 0.25) is 0 Å². The summed E-state index contributed by atoms with van der Waals surface area (Å²) in [6.45, 7) is 6.00. The normalized spacial score (nSPS) is 27.3. The average Bonchev–Trinajstić information content (AvgIpc) is 2.01. The van der Waals surface area contributed by atoms with Gasteiger partial charge in [0.05, 0.1) is 0 Å². The molecule has 0 saturated carbocycles. The van der Waals surface area contributed by atoms with Crippen molar-refractivity contribution in [3.05, 3.63) is 0 Å². The molecule has 0 bridgehead atoms. The highest BCUT2D eigenvalue weighted by Gasteiger charge is 2.15. The van der Waals surface area contributed by atoms with Gasteiger partial charge in [-0.1, -0.05) is 6.92 Å². The van der Waals surface area contributed by atoms with E-state index in [1.807, 2.05) is 0 Å². The number of alkyl halides is 1. The van der Waals surface area contributed by atoms with Crippen molar-refractivity contribution in [2.24, 2.45) is 0 Å². The first kappa shape index (κ1) is 9.69. The second-order valence-corrected chi connectivity index (χ2v) is 4.95. The van der Waals surface area contributed by atoms with E-state index in [-0.39, 0.29) is 0 Å². The van der Waals surface area contributed by atoms with Crippen LogP contribution in [0.1, 0.15) is 13.3 Å². The lowest BCUT2D eigenvalue weighted by Gasteiger charge is -2.30. The topological polar surface area (TPSA) is 3.24 Å². The van der Waals surface area contributed by atoms with Crippen LogP contribution in [0.15, 0.2) is 0 Å². The van der Waals surface area contributed by atoms with Gasteiger partial charge in [0.25, 0.3) is 0 Å². The number of hydrogen-bond acceptors (Lipinski definition) is 2. The van der Waals surface area contributed by atoms with E-state index in [2.05, 4.69) is 23.6 Å². The fourth-order valence-corrected chi connectivity index (χ4v) is 2.58. The molecule has 0 aliphatic carbocycles.